The summed E-state index contributed by atoms with van der Waals surface area (Å²) in [5.41, 5.74) is 0.943. The molecule has 0 heterocycles. The van der Waals surface area contributed by atoms with Crippen LogP contribution in [0.2, 0.25) is 0 Å². The molecule has 8 heteroatoms. The number of alkyl halides is 2. The van der Waals surface area contributed by atoms with Crippen LogP contribution in [0.3, 0.4) is 0 Å². The summed E-state index contributed by atoms with van der Waals surface area (Å²) in [4.78, 5) is 12.6. The molecule has 0 unspecified atom stereocenters. The van der Waals surface area contributed by atoms with Crippen molar-refractivity contribution in [1.29, 1.82) is 0 Å². The van der Waals surface area contributed by atoms with Crippen LogP contribution < -0.4 is 9.47 Å². The first-order valence-electron chi connectivity index (χ1n) is 7.27. The zero-order valence-corrected chi connectivity index (χ0v) is 16.2. The summed E-state index contributed by atoms with van der Waals surface area (Å²) < 4.78 is 35.6. The number of phenolic OH excluding ortho intramolecular Hbond substituents is 1. The standard InChI is InChI=1S/C18H15BrF2O4S/c1-24-14-9-11(4-6-16(14)26-18(20)21)13(22)5-3-10-7-12(19)17(23)15(8-10)25-2/h3-9,18,23H,1-2H3/b5-3+. The van der Waals surface area contributed by atoms with Crippen LogP contribution in [-0.2, 0) is 0 Å². The molecule has 4 nitrogen and oxygen atoms in total. The summed E-state index contributed by atoms with van der Waals surface area (Å²) in [7, 11) is 2.78. The molecule has 0 radical (unpaired) electrons. The van der Waals surface area contributed by atoms with Gasteiger partial charge in [0.05, 0.1) is 23.6 Å². The van der Waals surface area contributed by atoms with Gasteiger partial charge in [-0.3, -0.25) is 4.79 Å². The Kier molecular flexibility index (Phi) is 7.05. The van der Waals surface area contributed by atoms with Crippen molar-refractivity contribution in [3.05, 3.63) is 52.0 Å². The van der Waals surface area contributed by atoms with E-state index in [2.05, 4.69) is 15.9 Å². The van der Waals surface area contributed by atoms with Crippen LogP contribution in [0, 0.1) is 0 Å². The number of aromatic hydroxyl groups is 1. The molecule has 0 aliphatic carbocycles. The summed E-state index contributed by atoms with van der Waals surface area (Å²) >= 11 is 3.56. The number of methoxy groups -OCH3 is 2. The molecule has 0 atom stereocenters. The lowest BCUT2D eigenvalue weighted by molar-refractivity contribution is 0.104. The molecular weight excluding hydrogens is 430 g/mol. The Morgan fingerprint density at radius 2 is 1.88 bits per heavy atom. The normalized spacial score (nSPS) is 11.2. The number of carbonyl (C=O) groups excluding carboxylic acids is 1. The topological polar surface area (TPSA) is 55.8 Å². The number of hydrogen-bond acceptors (Lipinski definition) is 5. The Morgan fingerprint density at radius 1 is 1.19 bits per heavy atom. The van der Waals surface area contributed by atoms with Crippen LogP contribution in [0.5, 0.6) is 17.2 Å². The second-order valence-electron chi connectivity index (χ2n) is 5.00. The number of phenols is 1. The molecular formula is C18H15BrF2O4S. The minimum absolute atomic E-state index is 0.0344. The van der Waals surface area contributed by atoms with E-state index in [-0.39, 0.29) is 27.9 Å². The van der Waals surface area contributed by atoms with E-state index in [9.17, 15) is 18.7 Å². The van der Waals surface area contributed by atoms with Crippen molar-refractivity contribution in [1.82, 2.24) is 0 Å². The highest BCUT2D eigenvalue weighted by Gasteiger charge is 2.13. The molecule has 0 aromatic heterocycles. The van der Waals surface area contributed by atoms with Crippen molar-refractivity contribution >= 4 is 39.6 Å². The largest absolute Gasteiger partial charge is 0.503 e. The predicted octanol–water partition coefficient (Wildman–Crippen LogP) is 5.38. The molecule has 2 aromatic rings. The Balaban J connectivity index is 2.24. The second kappa shape index (κ2) is 9.05. The number of ketones is 1. The number of thioether (sulfide) groups is 1. The Morgan fingerprint density at radius 3 is 2.50 bits per heavy atom. The fourth-order valence-electron chi connectivity index (χ4n) is 2.13. The lowest BCUT2D eigenvalue weighted by Crippen LogP contribution is -1.97. The van der Waals surface area contributed by atoms with Gasteiger partial charge in [-0.15, -0.1) is 0 Å². The van der Waals surface area contributed by atoms with E-state index in [4.69, 9.17) is 9.47 Å². The third-order valence-electron chi connectivity index (χ3n) is 3.36. The summed E-state index contributed by atoms with van der Waals surface area (Å²) in [6.07, 6.45) is 2.90. The molecule has 0 fully saturated rings. The van der Waals surface area contributed by atoms with E-state index in [0.717, 1.165) is 0 Å². The maximum atomic E-state index is 12.5. The summed E-state index contributed by atoms with van der Waals surface area (Å²) in [5, 5.41) is 9.79. The van der Waals surface area contributed by atoms with Gasteiger partial charge in [-0.1, -0.05) is 17.8 Å². The molecule has 0 aliphatic heterocycles. The maximum Gasteiger partial charge on any atom is 0.289 e. The van der Waals surface area contributed by atoms with Gasteiger partial charge in [0.25, 0.3) is 5.76 Å². The van der Waals surface area contributed by atoms with E-state index < -0.39 is 5.76 Å². The molecule has 1 N–H and O–H groups in total. The van der Waals surface area contributed by atoms with Crippen molar-refractivity contribution in [2.75, 3.05) is 14.2 Å². The maximum absolute atomic E-state index is 12.5. The van der Waals surface area contributed by atoms with Crippen molar-refractivity contribution < 1.29 is 28.2 Å². The molecule has 2 aromatic carbocycles. The van der Waals surface area contributed by atoms with Gasteiger partial charge in [0, 0.05) is 5.56 Å². The lowest BCUT2D eigenvalue weighted by atomic mass is 10.1. The van der Waals surface area contributed by atoms with E-state index in [0.29, 0.717) is 27.4 Å². The van der Waals surface area contributed by atoms with Crippen LogP contribution in [0.15, 0.2) is 45.8 Å². The van der Waals surface area contributed by atoms with Crippen molar-refractivity contribution in [2.45, 2.75) is 10.7 Å². The zero-order valence-electron chi connectivity index (χ0n) is 13.8. The summed E-state index contributed by atoms with van der Waals surface area (Å²) in [6.45, 7) is 0. The molecule has 0 aliphatic rings. The predicted molar refractivity (Wildman–Crippen MR) is 101 cm³/mol. The highest BCUT2D eigenvalue weighted by molar-refractivity contribution is 9.10. The van der Waals surface area contributed by atoms with Crippen LogP contribution in [0.1, 0.15) is 15.9 Å². The number of carbonyl (C=O) groups is 1. The third-order valence-corrected chi connectivity index (χ3v) is 4.74. The first-order chi connectivity index (χ1) is 12.3. The average molecular weight is 445 g/mol. The Bertz CT molecular complexity index is 840. The van der Waals surface area contributed by atoms with E-state index in [1.54, 1.807) is 18.2 Å². The quantitative estimate of drug-likeness (QED) is 0.352. The Labute approximate surface area is 161 Å². The fraction of sp³-hybridized carbons (Fsp3) is 0.167. The molecule has 2 rings (SSSR count). The number of halogens is 3. The van der Waals surface area contributed by atoms with Gasteiger partial charge in [0.15, 0.2) is 17.3 Å². The third kappa shape index (κ3) is 4.98. The number of rotatable bonds is 7. The summed E-state index contributed by atoms with van der Waals surface area (Å²) in [6, 6.07) is 7.52. The first kappa shape index (κ1) is 20.3. The van der Waals surface area contributed by atoms with Crippen molar-refractivity contribution in [3.8, 4) is 17.2 Å². The number of ether oxygens (including phenoxy) is 2. The van der Waals surface area contributed by atoms with Gasteiger partial charge in [0.1, 0.15) is 5.75 Å². The van der Waals surface area contributed by atoms with Gasteiger partial charge in [-0.25, -0.2) is 0 Å². The summed E-state index contributed by atoms with van der Waals surface area (Å²) in [5.74, 6) is -2.45. The lowest BCUT2D eigenvalue weighted by Gasteiger charge is -2.09. The van der Waals surface area contributed by atoms with Gasteiger partial charge >= 0.3 is 0 Å². The van der Waals surface area contributed by atoms with Gasteiger partial charge in [-0.2, -0.15) is 8.78 Å². The van der Waals surface area contributed by atoms with E-state index in [1.165, 1.54) is 38.5 Å². The average Bonchev–Trinajstić information content (AvgIpc) is 2.62. The van der Waals surface area contributed by atoms with E-state index in [1.807, 2.05) is 0 Å². The van der Waals surface area contributed by atoms with Crippen molar-refractivity contribution in [3.63, 3.8) is 0 Å². The highest BCUT2D eigenvalue weighted by Crippen LogP contribution is 2.36. The fourth-order valence-corrected chi connectivity index (χ4v) is 3.18. The molecule has 26 heavy (non-hydrogen) atoms. The number of benzene rings is 2. The van der Waals surface area contributed by atoms with Crippen LogP contribution >= 0.6 is 27.7 Å². The number of allylic oxidation sites excluding steroid dienone is 1. The minimum Gasteiger partial charge on any atom is -0.503 e. The number of hydrogen-bond donors (Lipinski definition) is 1. The second-order valence-corrected chi connectivity index (χ2v) is 6.88. The molecule has 0 saturated heterocycles. The molecule has 0 spiro atoms. The van der Waals surface area contributed by atoms with Gasteiger partial charge in [-0.05, 0) is 57.9 Å². The van der Waals surface area contributed by atoms with E-state index >= 15 is 0 Å². The SMILES string of the molecule is COc1cc(C(=O)/C=C/c2cc(Br)c(O)c(OC)c2)ccc1SC(F)F. The molecule has 0 amide bonds. The van der Waals surface area contributed by atoms with Crippen LogP contribution in [-0.4, -0.2) is 30.9 Å². The van der Waals surface area contributed by atoms with Gasteiger partial charge < -0.3 is 14.6 Å². The molecule has 138 valence electrons. The van der Waals surface area contributed by atoms with Gasteiger partial charge in [0.2, 0.25) is 0 Å². The van der Waals surface area contributed by atoms with Crippen molar-refractivity contribution in [2.24, 2.45) is 0 Å². The molecule has 0 bridgehead atoms. The van der Waals surface area contributed by atoms with Crippen LogP contribution in [0.25, 0.3) is 6.08 Å². The molecule has 0 saturated carbocycles. The minimum atomic E-state index is -2.58. The first-order valence-corrected chi connectivity index (χ1v) is 8.94. The smallest absolute Gasteiger partial charge is 0.289 e. The Hall–Kier alpha value is -2.06. The zero-order chi connectivity index (χ0) is 19.3. The monoisotopic (exact) mass is 444 g/mol. The highest BCUT2D eigenvalue weighted by atomic mass is 79.9. The van der Waals surface area contributed by atoms with Crippen LogP contribution in [0.4, 0.5) is 8.78 Å².